The summed E-state index contributed by atoms with van der Waals surface area (Å²) in [7, 11) is 4.92. The van der Waals surface area contributed by atoms with Crippen molar-refractivity contribution in [1.82, 2.24) is 0 Å². The molecule has 0 unspecified atom stereocenters. The van der Waals surface area contributed by atoms with Gasteiger partial charge in [-0.15, -0.1) is 0 Å². The Labute approximate surface area is 91.7 Å². The Morgan fingerprint density at radius 2 is 1.44 bits per heavy atom. The van der Waals surface area contributed by atoms with Crippen molar-refractivity contribution < 1.29 is 48.8 Å². The average molecular weight is 215 g/mol. The molecule has 9 heteroatoms. The summed E-state index contributed by atoms with van der Waals surface area (Å²) >= 11 is -0.639. The Hall–Kier alpha value is 2.46. The first-order valence-electron chi connectivity index (χ1n) is 1.30. The van der Waals surface area contributed by atoms with Crippen LogP contribution in [0.4, 0.5) is 0 Å². The second kappa shape index (κ2) is 10.5. The van der Waals surface area contributed by atoms with Crippen molar-refractivity contribution in [2.24, 2.45) is 0 Å². The Morgan fingerprint density at radius 1 is 1.44 bits per heavy atom. The van der Waals surface area contributed by atoms with Gasteiger partial charge in [-0.2, -0.15) is 0 Å². The normalized spacial score (nSPS) is 7.67. The van der Waals surface area contributed by atoms with E-state index in [1.54, 1.807) is 0 Å². The van der Waals surface area contributed by atoms with Gasteiger partial charge in [-0.05, 0) is 0 Å². The first-order chi connectivity index (χ1) is 3.41. The number of phosphoric acid groups is 1. The number of hydrogen-bond acceptors (Lipinski definition) is 2. The number of hydrogen-bond donors (Lipinski definition) is 2. The van der Waals surface area contributed by atoms with Crippen molar-refractivity contribution >= 4 is 44.1 Å². The summed E-state index contributed by atoms with van der Waals surface area (Å²) in [5.74, 6) is 0. The largest absolute Gasteiger partial charge is 1.00 e. The van der Waals surface area contributed by atoms with Crippen molar-refractivity contribution in [2.75, 3.05) is 0 Å². The van der Waals surface area contributed by atoms with Crippen LogP contribution < -0.4 is 34.5 Å². The Kier molecular flexibility index (Phi) is 20.4. The molecule has 0 spiro atoms. The van der Waals surface area contributed by atoms with Gasteiger partial charge in [0.1, 0.15) is 0 Å². The third-order valence-corrected chi connectivity index (χ3v) is 0. The quantitative estimate of drug-likeness (QED) is 0.324. The summed E-state index contributed by atoms with van der Waals surface area (Å²) in [6.45, 7) is 0. The third kappa shape index (κ3) is 124. The predicted molar refractivity (Wildman–Crippen MR) is 29.5 cm³/mol. The van der Waals surface area contributed by atoms with E-state index in [1.807, 2.05) is 0 Å². The fraction of sp³-hybridized carbons (Fsp3) is 0. The van der Waals surface area contributed by atoms with E-state index < -0.39 is 26.0 Å². The van der Waals surface area contributed by atoms with Gasteiger partial charge in [0.2, 0.25) is 0 Å². The molecule has 0 bridgehead atoms. The predicted octanol–water partition coefficient (Wildman–Crippen LogP) is -3.56. The smallest absolute Gasteiger partial charge is 0.756 e. The van der Waals surface area contributed by atoms with Gasteiger partial charge < -0.3 is 32.8 Å². The van der Waals surface area contributed by atoms with Gasteiger partial charge in [0, 0.05) is 0 Å². The number of halogens is 2. The van der Waals surface area contributed by atoms with Crippen molar-refractivity contribution in [1.29, 1.82) is 0 Å². The zero-order valence-corrected chi connectivity index (χ0v) is 10.4. The van der Waals surface area contributed by atoms with Crippen LogP contribution in [0.2, 0.25) is 0 Å². The molecule has 0 aromatic heterocycles. The molecule has 0 aliphatic rings. The van der Waals surface area contributed by atoms with E-state index in [4.69, 9.17) is 37.4 Å². The van der Waals surface area contributed by atoms with Crippen molar-refractivity contribution in [3.63, 3.8) is 0 Å². The van der Waals surface area contributed by atoms with Gasteiger partial charge in [-0.3, -0.25) is 4.57 Å². The summed E-state index contributed by atoms with van der Waals surface area (Å²) in [5, 5.41) is 0. The molecule has 9 heavy (non-hydrogen) atoms. The average Bonchev–Trinajstić information content (AvgIpc) is 1.27. The minimum absolute atomic E-state index is 0. The van der Waals surface area contributed by atoms with Crippen LogP contribution in [-0.2, 0) is 4.57 Å². The van der Waals surface area contributed by atoms with Crippen LogP contribution in [-0.4, -0.2) is 27.9 Å². The molecule has 0 saturated heterocycles. The first-order valence-corrected chi connectivity index (χ1v) is 7.11. The van der Waals surface area contributed by atoms with Gasteiger partial charge in [-0.1, -0.05) is 0 Å². The fourth-order valence-electron chi connectivity index (χ4n) is 0. The van der Waals surface area contributed by atoms with Crippen LogP contribution in [0.15, 0.2) is 0 Å². The van der Waals surface area contributed by atoms with Crippen molar-refractivity contribution in [3.8, 4) is 0 Å². The molecule has 2 N–H and O–H groups in total. The molecule has 0 radical (unpaired) electrons. The molecular formula is H2Cl2MgNaO4P. The third-order valence-electron chi connectivity index (χ3n) is 0. The van der Waals surface area contributed by atoms with E-state index in [1.165, 1.54) is 0 Å². The molecule has 0 fully saturated rings. The standard InChI is InChI=1S/2ClH.Mg.Na.H3O4P/c;;;;1-5(2,3)4/h2*1H;;;(H3,1,2,3,4)/q;;+2;+1;/p-3. The summed E-state index contributed by atoms with van der Waals surface area (Å²) < 4.78 is 8.77. The Balaban J connectivity index is -0.0000000800. The van der Waals surface area contributed by atoms with Crippen molar-refractivity contribution in [3.05, 3.63) is 0 Å². The maximum Gasteiger partial charge on any atom is 1.00 e. The van der Waals surface area contributed by atoms with E-state index in [0.717, 1.165) is 0 Å². The summed E-state index contributed by atoms with van der Waals surface area (Å²) in [6, 6.07) is 0. The Bertz CT molecular complexity index is 74.4. The van der Waals surface area contributed by atoms with Crippen LogP contribution in [0.5, 0.6) is 0 Å². The maximum absolute atomic E-state index is 8.77. The molecule has 0 amide bonds. The minimum Gasteiger partial charge on any atom is -0.756 e. The molecule has 0 atom stereocenters. The SMILES string of the molecule is O=P([O-])(O)O.[Cl][Mg][Cl].[Na+]. The van der Waals surface area contributed by atoms with Gasteiger partial charge in [-0.25, -0.2) is 0 Å². The minimum atomic E-state index is -4.89. The zero-order valence-electron chi connectivity index (χ0n) is 4.62. The van der Waals surface area contributed by atoms with Crippen LogP contribution in [0.1, 0.15) is 0 Å². The van der Waals surface area contributed by atoms with E-state index in [-0.39, 0.29) is 29.6 Å². The van der Waals surface area contributed by atoms with Crippen LogP contribution in [0.25, 0.3) is 0 Å². The second-order valence-electron chi connectivity index (χ2n) is 0.592. The zero-order chi connectivity index (χ0) is 7.21. The van der Waals surface area contributed by atoms with E-state index in [0.29, 0.717) is 0 Å². The second-order valence-corrected chi connectivity index (χ2v) is 4.20. The topological polar surface area (TPSA) is 80.6 Å². The van der Waals surface area contributed by atoms with E-state index in [2.05, 4.69) is 0 Å². The summed E-state index contributed by atoms with van der Waals surface area (Å²) in [6.07, 6.45) is 0. The molecule has 0 aliphatic heterocycles. The van der Waals surface area contributed by atoms with Gasteiger partial charge in [0.15, 0.2) is 0 Å². The molecular weight excluding hydrogens is 213 g/mol. The maximum atomic E-state index is 8.77. The van der Waals surface area contributed by atoms with Gasteiger partial charge in [0.05, 0.1) is 0 Å². The molecule has 4 nitrogen and oxygen atoms in total. The molecule has 0 aliphatic carbocycles. The molecule has 48 valence electrons. The molecule has 0 rings (SSSR count). The monoisotopic (exact) mass is 214 g/mol. The van der Waals surface area contributed by atoms with E-state index in [9.17, 15) is 0 Å². The van der Waals surface area contributed by atoms with Crippen LogP contribution in [0.3, 0.4) is 0 Å². The van der Waals surface area contributed by atoms with Crippen LogP contribution >= 0.6 is 26.0 Å². The summed E-state index contributed by atoms with van der Waals surface area (Å²) in [4.78, 5) is 22.9. The molecule has 0 aromatic rings. The summed E-state index contributed by atoms with van der Waals surface area (Å²) in [5.41, 5.74) is 0. The van der Waals surface area contributed by atoms with E-state index >= 15 is 0 Å². The first kappa shape index (κ1) is 17.5. The molecule has 0 saturated carbocycles. The van der Waals surface area contributed by atoms with Gasteiger partial charge in [0.25, 0.3) is 7.82 Å². The number of rotatable bonds is 0. The van der Waals surface area contributed by atoms with Gasteiger partial charge >= 0.3 is 47.7 Å². The molecule has 0 heterocycles. The van der Waals surface area contributed by atoms with Crippen molar-refractivity contribution in [2.45, 2.75) is 0 Å². The molecule has 0 aromatic carbocycles. The van der Waals surface area contributed by atoms with Crippen LogP contribution in [0, 0.1) is 0 Å². The Morgan fingerprint density at radius 3 is 1.44 bits per heavy atom. The fourth-order valence-corrected chi connectivity index (χ4v) is 0.